The fourth-order valence-electron chi connectivity index (χ4n) is 2.47. The topological polar surface area (TPSA) is 63.0 Å². The molecule has 2 saturated carbocycles. The molecule has 2 aliphatic rings. The maximum absolute atomic E-state index is 5.33. The smallest absolute Gasteiger partial charge is 0.142 e. The minimum absolute atomic E-state index is 0.605. The van der Waals surface area contributed by atoms with Crippen LogP contribution in [0.5, 0.6) is 0 Å². The van der Waals surface area contributed by atoms with Crippen LogP contribution in [0.15, 0.2) is 18.2 Å². The number of rotatable bonds is 5. The van der Waals surface area contributed by atoms with Crippen molar-refractivity contribution in [3.63, 3.8) is 0 Å². The van der Waals surface area contributed by atoms with Crippen LogP contribution in [0.2, 0.25) is 0 Å². The molecular formula is C12H18N4. The number of aromatic nitrogens is 1. The van der Waals surface area contributed by atoms with Gasteiger partial charge in [0.1, 0.15) is 11.6 Å². The number of pyridine rings is 1. The standard InChI is InChI=1S/C12H18N4/c13-16-11-3-1-2-10(15-11)14-8-12(6-7-12)9-4-5-9/h1-3,9H,4-8,13H2,(H2,14,15,16). The van der Waals surface area contributed by atoms with Crippen molar-refractivity contribution in [1.82, 2.24) is 4.98 Å². The van der Waals surface area contributed by atoms with Gasteiger partial charge in [0.2, 0.25) is 0 Å². The van der Waals surface area contributed by atoms with Gasteiger partial charge >= 0.3 is 0 Å². The van der Waals surface area contributed by atoms with E-state index in [-0.39, 0.29) is 0 Å². The lowest BCUT2D eigenvalue weighted by Crippen LogP contribution is -2.18. The van der Waals surface area contributed by atoms with E-state index in [2.05, 4.69) is 15.7 Å². The quantitative estimate of drug-likeness (QED) is 0.522. The van der Waals surface area contributed by atoms with Crippen LogP contribution >= 0.6 is 0 Å². The van der Waals surface area contributed by atoms with Crippen molar-refractivity contribution in [2.75, 3.05) is 17.3 Å². The van der Waals surface area contributed by atoms with Gasteiger partial charge in [0, 0.05) is 6.54 Å². The van der Waals surface area contributed by atoms with E-state index in [4.69, 9.17) is 5.84 Å². The van der Waals surface area contributed by atoms with E-state index in [0.717, 1.165) is 18.3 Å². The number of nitrogens with one attached hydrogen (secondary N) is 2. The number of nitrogen functional groups attached to an aromatic ring is 1. The number of anilines is 2. The summed E-state index contributed by atoms with van der Waals surface area (Å²) < 4.78 is 0. The SMILES string of the molecule is NNc1cccc(NCC2(C3CC3)CC2)n1. The molecule has 0 amide bonds. The van der Waals surface area contributed by atoms with Crippen molar-refractivity contribution in [2.24, 2.45) is 17.2 Å². The highest BCUT2D eigenvalue weighted by molar-refractivity contribution is 5.44. The molecule has 0 aromatic carbocycles. The van der Waals surface area contributed by atoms with Gasteiger partial charge in [-0.25, -0.2) is 10.8 Å². The van der Waals surface area contributed by atoms with Crippen molar-refractivity contribution >= 4 is 11.6 Å². The number of hydrogen-bond acceptors (Lipinski definition) is 4. The third kappa shape index (κ3) is 1.85. The van der Waals surface area contributed by atoms with E-state index in [9.17, 15) is 0 Å². The highest BCUT2D eigenvalue weighted by Gasteiger charge is 2.53. The Bertz CT molecular complexity index is 382. The largest absolute Gasteiger partial charge is 0.369 e. The van der Waals surface area contributed by atoms with Gasteiger partial charge in [-0.3, -0.25) is 0 Å². The van der Waals surface area contributed by atoms with Crippen LogP contribution in [0.1, 0.15) is 25.7 Å². The van der Waals surface area contributed by atoms with E-state index >= 15 is 0 Å². The molecule has 4 heteroatoms. The summed E-state index contributed by atoms with van der Waals surface area (Å²) >= 11 is 0. The Kier molecular flexibility index (Phi) is 2.24. The molecule has 0 spiro atoms. The van der Waals surface area contributed by atoms with E-state index < -0.39 is 0 Å². The molecule has 3 rings (SSSR count). The van der Waals surface area contributed by atoms with E-state index in [1.54, 1.807) is 0 Å². The Labute approximate surface area is 95.6 Å². The maximum atomic E-state index is 5.33. The van der Waals surface area contributed by atoms with Crippen LogP contribution in [-0.4, -0.2) is 11.5 Å². The molecule has 0 aliphatic heterocycles. The zero-order chi connectivity index (χ0) is 11.0. The Hall–Kier alpha value is -1.29. The van der Waals surface area contributed by atoms with Crippen molar-refractivity contribution in [2.45, 2.75) is 25.7 Å². The summed E-state index contributed by atoms with van der Waals surface area (Å²) in [7, 11) is 0. The molecule has 1 aromatic heterocycles. The van der Waals surface area contributed by atoms with E-state index in [1.807, 2.05) is 18.2 Å². The Balaban J connectivity index is 1.61. The Morgan fingerprint density at radius 3 is 2.69 bits per heavy atom. The van der Waals surface area contributed by atoms with E-state index in [1.165, 1.54) is 25.7 Å². The van der Waals surface area contributed by atoms with Gasteiger partial charge in [-0.05, 0) is 49.1 Å². The van der Waals surface area contributed by atoms with Gasteiger partial charge in [-0.1, -0.05) is 6.07 Å². The first-order valence-corrected chi connectivity index (χ1v) is 6.00. The minimum Gasteiger partial charge on any atom is -0.369 e. The van der Waals surface area contributed by atoms with Crippen molar-refractivity contribution < 1.29 is 0 Å². The lowest BCUT2D eigenvalue weighted by atomic mass is 10.0. The van der Waals surface area contributed by atoms with Gasteiger partial charge in [-0.2, -0.15) is 0 Å². The first-order valence-electron chi connectivity index (χ1n) is 6.00. The molecule has 0 unspecified atom stereocenters. The van der Waals surface area contributed by atoms with Gasteiger partial charge in [0.15, 0.2) is 0 Å². The third-order valence-corrected chi connectivity index (χ3v) is 3.85. The predicted octanol–water partition coefficient (Wildman–Crippen LogP) is 1.97. The predicted molar refractivity (Wildman–Crippen MR) is 64.9 cm³/mol. The van der Waals surface area contributed by atoms with Crippen LogP contribution in [0.3, 0.4) is 0 Å². The molecule has 0 saturated heterocycles. The molecule has 0 atom stereocenters. The molecule has 2 aliphatic carbocycles. The van der Waals surface area contributed by atoms with E-state index in [0.29, 0.717) is 11.2 Å². The summed E-state index contributed by atoms with van der Waals surface area (Å²) in [6, 6.07) is 5.81. The maximum Gasteiger partial charge on any atom is 0.142 e. The summed E-state index contributed by atoms with van der Waals surface area (Å²) in [5.74, 6) is 7.94. The second-order valence-electron chi connectivity index (χ2n) is 5.04. The summed E-state index contributed by atoms with van der Waals surface area (Å²) in [4.78, 5) is 4.35. The van der Waals surface area contributed by atoms with Crippen molar-refractivity contribution in [3.05, 3.63) is 18.2 Å². The third-order valence-electron chi connectivity index (χ3n) is 3.85. The van der Waals surface area contributed by atoms with Crippen molar-refractivity contribution in [3.8, 4) is 0 Å². The Morgan fingerprint density at radius 1 is 1.31 bits per heavy atom. The molecule has 86 valence electrons. The summed E-state index contributed by atoms with van der Waals surface area (Å²) in [5, 5.41) is 3.44. The van der Waals surface area contributed by atoms with Crippen LogP contribution in [0, 0.1) is 11.3 Å². The van der Waals surface area contributed by atoms with Crippen LogP contribution in [-0.2, 0) is 0 Å². The normalized spacial score (nSPS) is 21.6. The number of hydrazine groups is 1. The minimum atomic E-state index is 0.605. The average Bonchev–Trinajstić information content (AvgIpc) is 3.17. The molecule has 4 N–H and O–H groups in total. The lowest BCUT2D eigenvalue weighted by molar-refractivity contribution is 0.466. The molecule has 1 aromatic rings. The zero-order valence-electron chi connectivity index (χ0n) is 9.37. The molecule has 4 nitrogen and oxygen atoms in total. The van der Waals surface area contributed by atoms with Crippen LogP contribution < -0.4 is 16.6 Å². The summed E-state index contributed by atoms with van der Waals surface area (Å²) in [5.41, 5.74) is 3.17. The van der Waals surface area contributed by atoms with Gasteiger partial charge in [-0.15, -0.1) is 0 Å². The second-order valence-corrected chi connectivity index (χ2v) is 5.04. The molecule has 0 bridgehead atoms. The molecule has 0 radical (unpaired) electrons. The molecule has 16 heavy (non-hydrogen) atoms. The van der Waals surface area contributed by atoms with Gasteiger partial charge in [0.05, 0.1) is 0 Å². The van der Waals surface area contributed by atoms with Gasteiger partial charge < -0.3 is 10.7 Å². The second kappa shape index (κ2) is 3.63. The average molecular weight is 218 g/mol. The van der Waals surface area contributed by atoms with Crippen LogP contribution in [0.25, 0.3) is 0 Å². The highest BCUT2D eigenvalue weighted by atomic mass is 15.3. The first-order chi connectivity index (χ1) is 7.82. The lowest BCUT2D eigenvalue weighted by Gasteiger charge is -2.15. The number of nitrogens with zero attached hydrogens (tertiary/aromatic N) is 1. The molecule has 1 heterocycles. The monoisotopic (exact) mass is 218 g/mol. The first kappa shape index (κ1) is 9.90. The number of hydrogen-bond donors (Lipinski definition) is 3. The molecular weight excluding hydrogens is 200 g/mol. The van der Waals surface area contributed by atoms with Crippen LogP contribution in [0.4, 0.5) is 11.6 Å². The van der Waals surface area contributed by atoms with Gasteiger partial charge in [0.25, 0.3) is 0 Å². The highest BCUT2D eigenvalue weighted by Crippen LogP contribution is 2.61. The molecule has 2 fully saturated rings. The zero-order valence-corrected chi connectivity index (χ0v) is 9.37. The summed E-state index contributed by atoms with van der Waals surface area (Å²) in [6.45, 7) is 1.07. The summed E-state index contributed by atoms with van der Waals surface area (Å²) in [6.07, 6.45) is 5.64. The number of nitrogens with two attached hydrogens (primary N) is 1. The Morgan fingerprint density at radius 2 is 2.06 bits per heavy atom. The van der Waals surface area contributed by atoms with Crippen molar-refractivity contribution in [1.29, 1.82) is 0 Å². The fourth-order valence-corrected chi connectivity index (χ4v) is 2.47. The fraction of sp³-hybridized carbons (Fsp3) is 0.583.